The van der Waals surface area contributed by atoms with E-state index in [0.717, 1.165) is 36.4 Å². The van der Waals surface area contributed by atoms with Gasteiger partial charge in [0.2, 0.25) is 0 Å². The summed E-state index contributed by atoms with van der Waals surface area (Å²) in [5.41, 5.74) is 1.74. The second kappa shape index (κ2) is 12.2. The fourth-order valence-electron chi connectivity index (χ4n) is 3.02. The van der Waals surface area contributed by atoms with Crippen LogP contribution in [-0.2, 0) is 11.2 Å². The van der Waals surface area contributed by atoms with Crippen molar-refractivity contribution < 1.29 is 24.1 Å². The van der Waals surface area contributed by atoms with E-state index >= 15 is 0 Å². The van der Waals surface area contributed by atoms with Gasteiger partial charge in [0.15, 0.2) is 11.5 Å². The van der Waals surface area contributed by atoms with Crippen molar-refractivity contribution in [1.29, 1.82) is 0 Å². The Bertz CT molecular complexity index is 973. The summed E-state index contributed by atoms with van der Waals surface area (Å²) >= 11 is 0. The highest BCUT2D eigenvalue weighted by molar-refractivity contribution is 5.70. The summed E-state index contributed by atoms with van der Waals surface area (Å²) in [7, 11) is 0. The zero-order chi connectivity index (χ0) is 22.6. The topological polar surface area (TPSA) is 77.0 Å². The van der Waals surface area contributed by atoms with Crippen LogP contribution in [0.2, 0.25) is 0 Å². The van der Waals surface area contributed by atoms with Crippen LogP contribution in [0.15, 0.2) is 72.8 Å². The van der Waals surface area contributed by atoms with E-state index < -0.39 is 5.97 Å². The van der Waals surface area contributed by atoms with Gasteiger partial charge in [-0.15, -0.1) is 0 Å². The first-order valence-corrected chi connectivity index (χ1v) is 10.8. The Labute approximate surface area is 188 Å². The Morgan fingerprint density at radius 1 is 0.875 bits per heavy atom. The Balaban J connectivity index is 1.49. The van der Waals surface area contributed by atoms with E-state index in [0.29, 0.717) is 30.5 Å². The molecule has 0 saturated heterocycles. The number of para-hydroxylation sites is 1. The van der Waals surface area contributed by atoms with Crippen LogP contribution in [0.4, 0.5) is 5.69 Å². The quantitative estimate of drug-likeness (QED) is 0.332. The van der Waals surface area contributed by atoms with Gasteiger partial charge in [-0.2, -0.15) is 0 Å². The highest BCUT2D eigenvalue weighted by Gasteiger charge is 2.09. The summed E-state index contributed by atoms with van der Waals surface area (Å²) in [5, 5.41) is 12.2. The maximum Gasteiger partial charge on any atom is 0.307 e. The van der Waals surface area contributed by atoms with Gasteiger partial charge < -0.3 is 24.6 Å². The molecule has 2 N–H and O–H groups in total. The Morgan fingerprint density at radius 3 is 2.34 bits per heavy atom. The number of carboxylic acids is 1. The molecular formula is C26H29NO5. The number of hydrogen-bond donors (Lipinski definition) is 2. The van der Waals surface area contributed by atoms with Crippen molar-refractivity contribution in [2.75, 3.05) is 25.1 Å². The molecule has 6 nitrogen and oxygen atoms in total. The van der Waals surface area contributed by atoms with Crippen molar-refractivity contribution in [3.63, 3.8) is 0 Å². The molecule has 168 valence electrons. The molecule has 0 bridgehead atoms. The molecule has 0 atom stereocenters. The molecule has 0 aliphatic heterocycles. The Kier molecular flexibility index (Phi) is 8.80. The van der Waals surface area contributed by atoms with Crippen molar-refractivity contribution >= 4 is 11.7 Å². The van der Waals surface area contributed by atoms with E-state index in [-0.39, 0.29) is 6.42 Å². The average Bonchev–Trinajstić information content (AvgIpc) is 2.80. The maximum atomic E-state index is 10.8. The summed E-state index contributed by atoms with van der Waals surface area (Å²) in [4.78, 5) is 10.8. The minimum Gasteiger partial charge on any atom is -0.490 e. The van der Waals surface area contributed by atoms with Gasteiger partial charge in [-0.05, 0) is 54.8 Å². The summed E-state index contributed by atoms with van der Waals surface area (Å²) in [5.74, 6) is 2.00. The van der Waals surface area contributed by atoms with E-state index in [1.165, 1.54) is 0 Å². The second-order valence-corrected chi connectivity index (χ2v) is 7.27. The minimum atomic E-state index is -0.829. The van der Waals surface area contributed by atoms with Gasteiger partial charge in [-0.25, -0.2) is 0 Å². The van der Waals surface area contributed by atoms with Crippen molar-refractivity contribution in [3.05, 3.63) is 78.4 Å². The van der Waals surface area contributed by atoms with Crippen LogP contribution in [0.1, 0.15) is 25.3 Å². The zero-order valence-electron chi connectivity index (χ0n) is 18.3. The van der Waals surface area contributed by atoms with Gasteiger partial charge in [0.1, 0.15) is 11.5 Å². The molecule has 0 aromatic heterocycles. The number of carboxylic acid groups (broad SMARTS) is 1. The third-order valence-corrected chi connectivity index (χ3v) is 4.57. The number of hydrogen-bond acceptors (Lipinski definition) is 5. The van der Waals surface area contributed by atoms with Gasteiger partial charge in [0, 0.05) is 18.3 Å². The Morgan fingerprint density at radius 2 is 1.62 bits per heavy atom. The molecule has 0 spiro atoms. The molecule has 0 aliphatic rings. The fourth-order valence-corrected chi connectivity index (χ4v) is 3.02. The van der Waals surface area contributed by atoms with Crippen molar-refractivity contribution in [2.45, 2.75) is 26.2 Å². The molecule has 0 saturated carbocycles. The van der Waals surface area contributed by atoms with Gasteiger partial charge >= 0.3 is 5.97 Å². The second-order valence-electron chi connectivity index (χ2n) is 7.27. The predicted octanol–water partition coefficient (Wildman–Crippen LogP) is 5.78. The molecule has 0 unspecified atom stereocenters. The van der Waals surface area contributed by atoms with Crippen molar-refractivity contribution in [1.82, 2.24) is 0 Å². The first kappa shape index (κ1) is 23.0. The lowest BCUT2D eigenvalue weighted by atomic mass is 10.1. The first-order valence-electron chi connectivity index (χ1n) is 10.8. The van der Waals surface area contributed by atoms with Gasteiger partial charge in [0.25, 0.3) is 0 Å². The summed E-state index contributed by atoms with van der Waals surface area (Å²) in [6.45, 7) is 3.93. The summed E-state index contributed by atoms with van der Waals surface area (Å²) < 4.78 is 17.7. The molecule has 3 aromatic rings. The molecule has 3 aromatic carbocycles. The molecule has 0 amide bonds. The van der Waals surface area contributed by atoms with Crippen LogP contribution in [0.3, 0.4) is 0 Å². The van der Waals surface area contributed by atoms with E-state index in [4.69, 9.17) is 19.3 Å². The summed E-state index contributed by atoms with van der Waals surface area (Å²) in [6, 6.07) is 22.6. The van der Waals surface area contributed by atoms with Crippen LogP contribution in [-0.4, -0.2) is 30.8 Å². The number of anilines is 1. The van der Waals surface area contributed by atoms with Crippen molar-refractivity contribution in [3.8, 4) is 23.0 Å². The number of nitrogens with one attached hydrogen (secondary N) is 1. The Hall–Kier alpha value is -3.67. The van der Waals surface area contributed by atoms with E-state index in [1.807, 2.05) is 72.8 Å². The number of aliphatic carboxylic acids is 1. The number of ether oxygens (including phenoxy) is 3. The molecule has 3 rings (SSSR count). The highest BCUT2D eigenvalue weighted by Crippen LogP contribution is 2.34. The van der Waals surface area contributed by atoms with E-state index in [1.54, 1.807) is 0 Å². The van der Waals surface area contributed by atoms with Gasteiger partial charge in [-0.3, -0.25) is 4.79 Å². The fraction of sp³-hybridized carbons (Fsp3) is 0.269. The molecular weight excluding hydrogens is 406 g/mol. The lowest BCUT2D eigenvalue weighted by molar-refractivity contribution is -0.136. The molecule has 6 heteroatoms. The molecule has 0 heterocycles. The summed E-state index contributed by atoms with van der Waals surface area (Å²) in [6.07, 6.45) is 1.73. The third kappa shape index (κ3) is 7.54. The van der Waals surface area contributed by atoms with Gasteiger partial charge in [-0.1, -0.05) is 37.3 Å². The number of rotatable bonds is 13. The molecule has 0 fully saturated rings. The first-order chi connectivity index (χ1) is 15.6. The normalized spacial score (nSPS) is 10.4. The minimum absolute atomic E-state index is 0.0335. The molecule has 0 radical (unpaired) electrons. The van der Waals surface area contributed by atoms with Crippen LogP contribution in [0.25, 0.3) is 0 Å². The third-order valence-electron chi connectivity index (χ3n) is 4.57. The maximum absolute atomic E-state index is 10.8. The lowest BCUT2D eigenvalue weighted by Crippen LogP contribution is -2.08. The highest BCUT2D eigenvalue weighted by atomic mass is 16.5. The van der Waals surface area contributed by atoms with Crippen LogP contribution >= 0.6 is 0 Å². The number of carbonyl (C=O) groups is 1. The van der Waals surface area contributed by atoms with E-state index in [2.05, 4.69) is 12.2 Å². The smallest absolute Gasteiger partial charge is 0.307 e. The average molecular weight is 436 g/mol. The van der Waals surface area contributed by atoms with Gasteiger partial charge in [0.05, 0.1) is 19.6 Å². The monoisotopic (exact) mass is 435 g/mol. The van der Waals surface area contributed by atoms with Crippen LogP contribution in [0.5, 0.6) is 23.0 Å². The largest absolute Gasteiger partial charge is 0.490 e. The van der Waals surface area contributed by atoms with Crippen molar-refractivity contribution in [2.24, 2.45) is 0 Å². The zero-order valence-corrected chi connectivity index (χ0v) is 18.3. The van der Waals surface area contributed by atoms with Crippen LogP contribution < -0.4 is 19.5 Å². The van der Waals surface area contributed by atoms with Crippen LogP contribution in [0, 0.1) is 0 Å². The SMILES string of the molecule is CCCOc1cc(Oc2ccccc2)ccc1OCCCNc1ccc(CC(=O)O)cc1. The molecule has 0 aliphatic carbocycles. The standard InChI is InChI=1S/C26H29NO5/c1-2-16-30-25-19-23(32-22-7-4-3-5-8-22)13-14-24(25)31-17-6-15-27-21-11-9-20(10-12-21)18-26(28)29/h3-5,7-14,19,27H,2,6,15-18H2,1H3,(H,28,29). The predicted molar refractivity (Wildman–Crippen MR) is 125 cm³/mol. The van der Waals surface area contributed by atoms with E-state index in [9.17, 15) is 4.79 Å². The number of benzene rings is 3. The lowest BCUT2D eigenvalue weighted by Gasteiger charge is -2.15. The molecule has 32 heavy (non-hydrogen) atoms.